The fourth-order valence-electron chi connectivity index (χ4n) is 3.20. The van der Waals surface area contributed by atoms with E-state index in [4.69, 9.17) is 4.74 Å². The fraction of sp³-hybridized carbons (Fsp3) is 0.273. The smallest absolute Gasteiger partial charge is 0.341 e. The molecule has 1 amide bonds. The van der Waals surface area contributed by atoms with Gasteiger partial charge in [0.2, 0.25) is 5.91 Å². The van der Waals surface area contributed by atoms with Crippen LogP contribution in [0.4, 0.5) is 5.69 Å². The van der Waals surface area contributed by atoms with Crippen LogP contribution in [0.2, 0.25) is 0 Å². The molecule has 0 bridgehead atoms. The third kappa shape index (κ3) is 4.80. The standard InChI is InChI=1S/C22H22N6O3S/c1-13(2)20-17(9-23-22-24-12-25-28(20)22)21(30)31-10-16-11-32-19(27-16)8-18(29)26-15-6-4-14(3)5-7-15/h4-7,9,11-13H,8,10H2,1-3H3,(H,26,29). The zero-order chi connectivity index (χ0) is 22.7. The number of benzene rings is 1. The van der Waals surface area contributed by atoms with Gasteiger partial charge in [-0.3, -0.25) is 4.79 Å². The van der Waals surface area contributed by atoms with Gasteiger partial charge in [-0.1, -0.05) is 31.5 Å². The maximum atomic E-state index is 12.7. The van der Waals surface area contributed by atoms with Gasteiger partial charge in [-0.15, -0.1) is 11.3 Å². The second-order valence-corrected chi connectivity index (χ2v) is 8.53. The van der Waals surface area contributed by atoms with E-state index in [0.29, 0.717) is 27.7 Å². The molecule has 0 aliphatic carbocycles. The number of amides is 1. The number of nitrogens with one attached hydrogen (secondary N) is 1. The number of nitrogens with zero attached hydrogens (tertiary/aromatic N) is 5. The van der Waals surface area contributed by atoms with Gasteiger partial charge >= 0.3 is 5.97 Å². The Morgan fingerprint density at radius 3 is 2.72 bits per heavy atom. The van der Waals surface area contributed by atoms with E-state index in [1.54, 1.807) is 9.90 Å². The minimum absolute atomic E-state index is 0.00183. The van der Waals surface area contributed by atoms with Crippen molar-refractivity contribution in [3.8, 4) is 0 Å². The van der Waals surface area contributed by atoms with Gasteiger partial charge in [0.25, 0.3) is 5.78 Å². The van der Waals surface area contributed by atoms with Crippen LogP contribution in [0.25, 0.3) is 5.78 Å². The van der Waals surface area contributed by atoms with Crippen molar-refractivity contribution in [2.45, 2.75) is 39.7 Å². The maximum absolute atomic E-state index is 12.7. The van der Waals surface area contributed by atoms with Gasteiger partial charge in [0.1, 0.15) is 17.9 Å². The van der Waals surface area contributed by atoms with Crippen molar-refractivity contribution < 1.29 is 14.3 Å². The number of fused-ring (bicyclic) bond motifs is 1. The number of aryl methyl sites for hydroxylation is 1. The summed E-state index contributed by atoms with van der Waals surface area (Å²) in [5.74, 6) is -0.216. The van der Waals surface area contributed by atoms with Crippen molar-refractivity contribution in [3.63, 3.8) is 0 Å². The Morgan fingerprint density at radius 2 is 1.97 bits per heavy atom. The van der Waals surface area contributed by atoms with E-state index in [1.165, 1.54) is 23.9 Å². The normalized spacial score (nSPS) is 11.1. The Labute approximate surface area is 188 Å². The summed E-state index contributed by atoms with van der Waals surface area (Å²) in [6, 6.07) is 7.59. The number of hydrogen-bond acceptors (Lipinski definition) is 8. The molecule has 1 N–H and O–H groups in total. The van der Waals surface area contributed by atoms with Crippen LogP contribution in [-0.4, -0.2) is 36.4 Å². The van der Waals surface area contributed by atoms with Crippen molar-refractivity contribution in [1.82, 2.24) is 24.6 Å². The molecule has 164 valence electrons. The molecule has 0 saturated carbocycles. The van der Waals surface area contributed by atoms with Gasteiger partial charge in [0.05, 0.1) is 23.4 Å². The summed E-state index contributed by atoms with van der Waals surface area (Å²) >= 11 is 1.35. The molecule has 3 heterocycles. The first-order valence-electron chi connectivity index (χ1n) is 10.1. The second kappa shape index (κ2) is 9.23. The monoisotopic (exact) mass is 450 g/mol. The molecule has 4 aromatic rings. The van der Waals surface area contributed by atoms with Gasteiger partial charge < -0.3 is 10.1 Å². The van der Waals surface area contributed by atoms with E-state index < -0.39 is 5.97 Å². The van der Waals surface area contributed by atoms with Gasteiger partial charge in [-0.2, -0.15) is 10.1 Å². The van der Waals surface area contributed by atoms with E-state index in [2.05, 4.69) is 25.4 Å². The molecule has 0 fully saturated rings. The van der Waals surface area contributed by atoms with E-state index in [1.807, 2.05) is 45.0 Å². The van der Waals surface area contributed by atoms with Crippen LogP contribution in [0.15, 0.2) is 42.2 Å². The maximum Gasteiger partial charge on any atom is 0.341 e. The number of anilines is 1. The number of aromatic nitrogens is 5. The van der Waals surface area contributed by atoms with Crippen molar-refractivity contribution in [1.29, 1.82) is 0 Å². The second-order valence-electron chi connectivity index (χ2n) is 7.58. The molecule has 10 heteroatoms. The predicted octanol–water partition coefficient (Wildman–Crippen LogP) is 3.55. The Bertz CT molecular complexity index is 1260. The number of esters is 1. The summed E-state index contributed by atoms with van der Waals surface area (Å²) in [7, 11) is 0. The summed E-state index contributed by atoms with van der Waals surface area (Å²) < 4.78 is 7.01. The number of rotatable bonds is 7. The molecule has 0 saturated heterocycles. The van der Waals surface area contributed by atoms with Crippen LogP contribution in [0.3, 0.4) is 0 Å². The highest BCUT2D eigenvalue weighted by Gasteiger charge is 2.21. The fourth-order valence-corrected chi connectivity index (χ4v) is 3.98. The van der Waals surface area contributed by atoms with Gasteiger partial charge in [-0.05, 0) is 25.0 Å². The van der Waals surface area contributed by atoms with Crippen molar-refractivity contribution >= 4 is 34.7 Å². The third-order valence-corrected chi connectivity index (χ3v) is 5.60. The Morgan fingerprint density at radius 1 is 1.19 bits per heavy atom. The third-order valence-electron chi connectivity index (χ3n) is 4.71. The SMILES string of the molecule is Cc1ccc(NC(=O)Cc2nc(COC(=O)c3cnc4ncnn4c3C(C)C)cs2)cc1. The highest BCUT2D eigenvalue weighted by molar-refractivity contribution is 7.09. The van der Waals surface area contributed by atoms with E-state index >= 15 is 0 Å². The summed E-state index contributed by atoms with van der Waals surface area (Å²) in [6.45, 7) is 5.91. The zero-order valence-corrected chi connectivity index (χ0v) is 18.7. The van der Waals surface area contributed by atoms with Crippen LogP contribution in [0, 0.1) is 6.92 Å². The molecule has 0 aliphatic rings. The highest BCUT2D eigenvalue weighted by atomic mass is 32.1. The minimum atomic E-state index is -0.509. The van der Waals surface area contributed by atoms with E-state index in [9.17, 15) is 9.59 Å². The molecule has 0 atom stereocenters. The number of carbonyl (C=O) groups excluding carboxylic acids is 2. The first kappa shape index (κ1) is 21.6. The largest absolute Gasteiger partial charge is 0.455 e. The lowest BCUT2D eigenvalue weighted by Crippen LogP contribution is -2.15. The number of ether oxygens (including phenoxy) is 1. The minimum Gasteiger partial charge on any atom is -0.455 e. The summed E-state index contributed by atoms with van der Waals surface area (Å²) in [4.78, 5) is 37.6. The first-order chi connectivity index (χ1) is 15.4. The number of thiazole rings is 1. The number of carbonyl (C=O) groups is 2. The molecule has 0 unspecified atom stereocenters. The lowest BCUT2D eigenvalue weighted by Gasteiger charge is -2.12. The zero-order valence-electron chi connectivity index (χ0n) is 17.9. The average molecular weight is 451 g/mol. The first-order valence-corrected chi connectivity index (χ1v) is 10.9. The Balaban J connectivity index is 1.37. The molecule has 0 aliphatic heterocycles. The topological polar surface area (TPSA) is 111 Å². The van der Waals surface area contributed by atoms with Crippen LogP contribution < -0.4 is 5.32 Å². The molecule has 0 radical (unpaired) electrons. The van der Waals surface area contributed by atoms with Crippen LogP contribution >= 0.6 is 11.3 Å². The van der Waals surface area contributed by atoms with Crippen molar-refractivity contribution in [2.75, 3.05) is 5.32 Å². The van der Waals surface area contributed by atoms with Crippen molar-refractivity contribution in [3.05, 3.63) is 69.7 Å². The average Bonchev–Trinajstić information content (AvgIpc) is 3.42. The molecular formula is C22H22N6O3S. The van der Waals surface area contributed by atoms with Crippen LogP contribution in [0.5, 0.6) is 0 Å². The summed E-state index contributed by atoms with van der Waals surface area (Å²) in [5.41, 5.74) is 3.47. The Kier molecular flexibility index (Phi) is 6.22. The van der Waals surface area contributed by atoms with Gasteiger partial charge in [-0.25, -0.2) is 19.3 Å². The lowest BCUT2D eigenvalue weighted by atomic mass is 10.1. The quantitative estimate of drug-likeness (QED) is 0.429. The van der Waals surface area contributed by atoms with Crippen LogP contribution in [-0.2, 0) is 22.6 Å². The van der Waals surface area contributed by atoms with E-state index in [0.717, 1.165) is 11.3 Å². The molecule has 1 aromatic carbocycles. The lowest BCUT2D eigenvalue weighted by molar-refractivity contribution is -0.115. The van der Waals surface area contributed by atoms with Crippen molar-refractivity contribution in [2.24, 2.45) is 0 Å². The molecule has 3 aromatic heterocycles. The molecular weight excluding hydrogens is 428 g/mol. The van der Waals surface area contributed by atoms with Crippen LogP contribution in [0.1, 0.15) is 52.1 Å². The molecule has 32 heavy (non-hydrogen) atoms. The van der Waals surface area contributed by atoms with E-state index in [-0.39, 0.29) is 24.9 Å². The summed E-state index contributed by atoms with van der Waals surface area (Å²) in [6.07, 6.45) is 3.01. The van der Waals surface area contributed by atoms with Gasteiger partial charge in [0, 0.05) is 17.3 Å². The molecule has 4 rings (SSSR count). The van der Waals surface area contributed by atoms with Gasteiger partial charge in [0.15, 0.2) is 0 Å². The highest BCUT2D eigenvalue weighted by Crippen LogP contribution is 2.21. The number of hydrogen-bond donors (Lipinski definition) is 1. The Hall–Kier alpha value is -3.66. The molecule has 0 spiro atoms. The molecule has 9 nitrogen and oxygen atoms in total. The summed E-state index contributed by atoms with van der Waals surface area (Å²) in [5, 5.41) is 9.43. The predicted molar refractivity (Wildman–Crippen MR) is 120 cm³/mol.